The van der Waals surface area contributed by atoms with Crippen molar-refractivity contribution in [2.24, 2.45) is 0 Å². The minimum atomic E-state index is -0.348. The van der Waals surface area contributed by atoms with Crippen LogP contribution >= 0.6 is 35.3 Å². The molecule has 1 saturated heterocycles. The zero-order valence-corrected chi connectivity index (χ0v) is 13.8. The molecule has 1 aromatic carbocycles. The first-order valence-corrected chi connectivity index (χ1v) is 8.00. The van der Waals surface area contributed by atoms with E-state index in [0.717, 1.165) is 31.7 Å². The van der Waals surface area contributed by atoms with E-state index in [1.54, 1.807) is 17.4 Å². The van der Waals surface area contributed by atoms with Crippen LogP contribution < -0.4 is 5.32 Å². The van der Waals surface area contributed by atoms with Gasteiger partial charge in [0.05, 0.1) is 11.1 Å². The Morgan fingerprint density at radius 3 is 2.67 bits per heavy atom. The highest BCUT2D eigenvalue weighted by atomic mass is 35.5. The predicted molar refractivity (Wildman–Crippen MR) is 89.3 cm³/mol. The van der Waals surface area contributed by atoms with Gasteiger partial charge in [0.2, 0.25) is 0 Å². The van der Waals surface area contributed by atoms with Crippen LogP contribution in [0.4, 0.5) is 4.39 Å². The maximum Gasteiger partial charge on any atom is 0.142 e. The topological polar surface area (TPSA) is 15.3 Å². The average Bonchev–Trinajstić information content (AvgIpc) is 2.99. The van der Waals surface area contributed by atoms with Gasteiger partial charge in [0.25, 0.3) is 0 Å². The van der Waals surface area contributed by atoms with E-state index >= 15 is 0 Å². The van der Waals surface area contributed by atoms with Gasteiger partial charge in [-0.25, -0.2) is 4.39 Å². The molecule has 0 unspecified atom stereocenters. The average molecular weight is 347 g/mol. The van der Waals surface area contributed by atoms with Crippen LogP contribution in [-0.2, 0) is 0 Å². The van der Waals surface area contributed by atoms with Crippen LogP contribution in [0.15, 0.2) is 35.0 Å². The summed E-state index contributed by atoms with van der Waals surface area (Å²) in [5.74, 6) is -0.348. The fourth-order valence-corrected chi connectivity index (χ4v) is 3.60. The summed E-state index contributed by atoms with van der Waals surface area (Å²) in [4.78, 5) is 2.36. The maximum atomic E-state index is 13.8. The molecule has 1 aliphatic heterocycles. The van der Waals surface area contributed by atoms with Gasteiger partial charge >= 0.3 is 0 Å². The lowest BCUT2D eigenvalue weighted by Gasteiger charge is -2.35. The minimum absolute atomic E-state index is 0. The largest absolute Gasteiger partial charge is 0.314 e. The van der Waals surface area contributed by atoms with Gasteiger partial charge in [0.1, 0.15) is 5.82 Å². The first-order chi connectivity index (χ1) is 9.77. The van der Waals surface area contributed by atoms with Crippen LogP contribution in [0.5, 0.6) is 0 Å². The number of piperazine rings is 1. The van der Waals surface area contributed by atoms with Gasteiger partial charge in [-0.1, -0.05) is 23.7 Å². The second kappa shape index (κ2) is 7.56. The molecule has 0 saturated carbocycles. The van der Waals surface area contributed by atoms with Gasteiger partial charge in [-0.3, -0.25) is 4.90 Å². The van der Waals surface area contributed by atoms with Crippen LogP contribution in [0.3, 0.4) is 0 Å². The SMILES string of the molecule is Cl.Fc1cccc([C@@H](c2ccsc2)N2CCNCC2)c1Cl. The van der Waals surface area contributed by atoms with E-state index < -0.39 is 0 Å². The van der Waals surface area contributed by atoms with E-state index in [1.165, 1.54) is 11.6 Å². The lowest BCUT2D eigenvalue weighted by molar-refractivity contribution is 0.198. The van der Waals surface area contributed by atoms with E-state index in [9.17, 15) is 4.39 Å². The number of benzene rings is 1. The van der Waals surface area contributed by atoms with Crippen LogP contribution in [-0.4, -0.2) is 31.1 Å². The van der Waals surface area contributed by atoms with E-state index in [1.807, 2.05) is 6.07 Å². The normalized spacial score (nSPS) is 17.2. The Balaban J connectivity index is 0.00000161. The zero-order chi connectivity index (χ0) is 13.9. The molecule has 21 heavy (non-hydrogen) atoms. The van der Waals surface area contributed by atoms with Crippen molar-refractivity contribution in [1.82, 2.24) is 10.2 Å². The summed E-state index contributed by atoms with van der Waals surface area (Å²) in [5, 5.41) is 7.76. The van der Waals surface area contributed by atoms with Crippen molar-refractivity contribution >= 4 is 35.3 Å². The highest BCUT2D eigenvalue weighted by Gasteiger charge is 2.26. The monoisotopic (exact) mass is 346 g/mol. The third-order valence-electron chi connectivity index (χ3n) is 3.65. The summed E-state index contributed by atoms with van der Waals surface area (Å²) in [7, 11) is 0. The quantitative estimate of drug-likeness (QED) is 0.904. The summed E-state index contributed by atoms with van der Waals surface area (Å²) in [6, 6.07) is 7.20. The number of hydrogen-bond acceptors (Lipinski definition) is 3. The van der Waals surface area contributed by atoms with Crippen molar-refractivity contribution in [2.75, 3.05) is 26.2 Å². The van der Waals surface area contributed by atoms with Crippen LogP contribution in [0.2, 0.25) is 5.02 Å². The van der Waals surface area contributed by atoms with Gasteiger partial charge in [-0.05, 0) is 34.0 Å². The maximum absolute atomic E-state index is 13.8. The lowest BCUT2D eigenvalue weighted by Crippen LogP contribution is -2.45. The molecular weight excluding hydrogens is 330 g/mol. The summed E-state index contributed by atoms with van der Waals surface area (Å²) in [6.07, 6.45) is 0. The molecule has 0 spiro atoms. The number of nitrogens with one attached hydrogen (secondary N) is 1. The Morgan fingerprint density at radius 1 is 1.24 bits per heavy atom. The molecule has 1 aromatic heterocycles. The molecule has 0 radical (unpaired) electrons. The fraction of sp³-hybridized carbons (Fsp3) is 0.333. The van der Waals surface area contributed by atoms with E-state index in [2.05, 4.69) is 27.0 Å². The van der Waals surface area contributed by atoms with Gasteiger partial charge in [-0.15, -0.1) is 12.4 Å². The minimum Gasteiger partial charge on any atom is -0.314 e. The number of thiophene rings is 1. The molecule has 1 atom stereocenters. The Morgan fingerprint density at radius 2 is 2.00 bits per heavy atom. The molecule has 6 heteroatoms. The Hall–Kier alpha value is -0.650. The molecule has 3 rings (SSSR count). The van der Waals surface area contributed by atoms with Crippen LogP contribution in [0, 0.1) is 5.82 Å². The van der Waals surface area contributed by atoms with Crippen molar-refractivity contribution in [1.29, 1.82) is 0 Å². The van der Waals surface area contributed by atoms with Gasteiger partial charge in [0, 0.05) is 26.2 Å². The molecule has 0 bridgehead atoms. The van der Waals surface area contributed by atoms with Crippen LogP contribution in [0.1, 0.15) is 17.2 Å². The van der Waals surface area contributed by atoms with Crippen molar-refractivity contribution in [3.8, 4) is 0 Å². The molecule has 2 heterocycles. The Kier molecular flexibility index (Phi) is 6.02. The molecule has 114 valence electrons. The van der Waals surface area contributed by atoms with E-state index in [0.29, 0.717) is 0 Å². The van der Waals surface area contributed by atoms with Crippen molar-refractivity contribution in [3.63, 3.8) is 0 Å². The number of hydrogen-bond donors (Lipinski definition) is 1. The predicted octanol–water partition coefficient (Wildman–Crippen LogP) is 3.96. The van der Waals surface area contributed by atoms with Gasteiger partial charge in [-0.2, -0.15) is 11.3 Å². The molecule has 1 fully saturated rings. The van der Waals surface area contributed by atoms with Crippen molar-refractivity contribution in [3.05, 3.63) is 57.0 Å². The summed E-state index contributed by atoms with van der Waals surface area (Å²) in [6.45, 7) is 3.78. The van der Waals surface area contributed by atoms with Gasteiger partial charge in [0.15, 0.2) is 0 Å². The van der Waals surface area contributed by atoms with Gasteiger partial charge < -0.3 is 5.32 Å². The Labute approximate surface area is 139 Å². The molecular formula is C15H17Cl2FN2S. The van der Waals surface area contributed by atoms with Crippen molar-refractivity contribution in [2.45, 2.75) is 6.04 Å². The second-order valence-electron chi connectivity index (χ2n) is 4.89. The first-order valence-electron chi connectivity index (χ1n) is 6.68. The first kappa shape index (κ1) is 16.7. The molecule has 2 aromatic rings. The highest BCUT2D eigenvalue weighted by molar-refractivity contribution is 7.08. The van der Waals surface area contributed by atoms with Crippen LogP contribution in [0.25, 0.3) is 0 Å². The molecule has 0 amide bonds. The molecule has 2 nitrogen and oxygen atoms in total. The summed E-state index contributed by atoms with van der Waals surface area (Å²) < 4.78 is 13.8. The Bertz CT molecular complexity index is 571. The molecule has 1 aliphatic rings. The summed E-state index contributed by atoms with van der Waals surface area (Å²) >= 11 is 7.87. The van der Waals surface area contributed by atoms with E-state index in [-0.39, 0.29) is 29.3 Å². The second-order valence-corrected chi connectivity index (χ2v) is 6.05. The number of halogens is 3. The number of nitrogens with zero attached hydrogens (tertiary/aromatic N) is 1. The highest BCUT2D eigenvalue weighted by Crippen LogP contribution is 2.35. The lowest BCUT2D eigenvalue weighted by atomic mass is 9.98. The third-order valence-corrected chi connectivity index (χ3v) is 4.75. The molecule has 1 N–H and O–H groups in total. The van der Waals surface area contributed by atoms with E-state index in [4.69, 9.17) is 11.6 Å². The van der Waals surface area contributed by atoms with Crippen molar-refractivity contribution < 1.29 is 4.39 Å². The zero-order valence-electron chi connectivity index (χ0n) is 11.4. The standard InChI is InChI=1S/C15H16ClFN2S.ClH/c16-14-12(2-1-3-13(14)17)15(11-4-9-20-10-11)19-7-5-18-6-8-19;/h1-4,9-10,15,18H,5-8H2;1H/t15-;/m1./s1. The summed E-state index contributed by atoms with van der Waals surface area (Å²) in [5.41, 5.74) is 2.04. The number of rotatable bonds is 3. The third kappa shape index (κ3) is 3.58. The smallest absolute Gasteiger partial charge is 0.142 e. The molecule has 0 aliphatic carbocycles. The fourth-order valence-electron chi connectivity index (χ4n) is 2.69.